The number of nitrogens with one attached hydrogen (secondary N) is 1. The van der Waals surface area contributed by atoms with Gasteiger partial charge in [0.1, 0.15) is 17.8 Å². The van der Waals surface area contributed by atoms with Crippen LogP contribution in [0.5, 0.6) is 0 Å². The molecule has 0 aromatic carbocycles. The maximum atomic E-state index is 10.5. The predicted octanol–water partition coefficient (Wildman–Crippen LogP) is 0.516. The van der Waals surface area contributed by atoms with Crippen LogP contribution >= 0.6 is 0 Å². The quantitative estimate of drug-likeness (QED) is 0.748. The minimum atomic E-state index is -0.899. The first kappa shape index (κ1) is 11.1. The molecule has 5 nitrogen and oxygen atoms in total. The Morgan fingerprint density at radius 1 is 1.80 bits per heavy atom. The fourth-order valence-corrected chi connectivity index (χ4v) is 1.00. The summed E-state index contributed by atoms with van der Waals surface area (Å²) in [7, 11) is 0. The van der Waals surface area contributed by atoms with E-state index in [-0.39, 0.29) is 0 Å². The first-order valence-corrected chi connectivity index (χ1v) is 4.44. The van der Waals surface area contributed by atoms with Crippen molar-refractivity contribution in [2.45, 2.75) is 19.5 Å². The molecule has 1 aromatic heterocycles. The molecule has 78 valence electrons. The van der Waals surface area contributed by atoms with Crippen LogP contribution in [0.1, 0.15) is 18.2 Å². The van der Waals surface area contributed by atoms with E-state index in [1.165, 1.54) is 6.20 Å². The topological polar surface area (TPSA) is 86.0 Å². The van der Waals surface area contributed by atoms with Gasteiger partial charge in [-0.25, -0.2) is 4.98 Å². The number of nitriles is 1. The summed E-state index contributed by atoms with van der Waals surface area (Å²) in [6.07, 6.45) is 1.53. The van der Waals surface area contributed by atoms with Gasteiger partial charge in [0.2, 0.25) is 0 Å². The van der Waals surface area contributed by atoms with Gasteiger partial charge in [0.05, 0.1) is 0 Å². The molecule has 0 aliphatic rings. The monoisotopic (exact) mass is 205 g/mol. The van der Waals surface area contributed by atoms with Crippen molar-refractivity contribution in [1.29, 1.82) is 5.26 Å². The maximum Gasteiger partial charge on any atom is 0.320 e. The van der Waals surface area contributed by atoms with Crippen LogP contribution in [0.25, 0.3) is 0 Å². The molecular weight excluding hydrogens is 194 g/mol. The summed E-state index contributed by atoms with van der Waals surface area (Å²) in [6, 6.07) is 4.68. The Labute approximate surface area is 87.4 Å². The maximum absolute atomic E-state index is 10.5. The Kier molecular flexibility index (Phi) is 3.77. The molecule has 1 heterocycles. The van der Waals surface area contributed by atoms with Crippen LogP contribution in [0.4, 0.5) is 0 Å². The van der Waals surface area contributed by atoms with Crippen LogP contribution in [0.3, 0.4) is 0 Å². The van der Waals surface area contributed by atoms with Crippen LogP contribution < -0.4 is 5.32 Å². The van der Waals surface area contributed by atoms with Gasteiger partial charge in [0.25, 0.3) is 0 Å². The minimum absolute atomic E-state index is 0.331. The second kappa shape index (κ2) is 5.08. The Morgan fingerprint density at radius 2 is 2.53 bits per heavy atom. The van der Waals surface area contributed by atoms with Crippen molar-refractivity contribution in [1.82, 2.24) is 10.3 Å². The Bertz CT molecular complexity index is 398. The Balaban J connectivity index is 2.58. The molecule has 1 rings (SSSR count). The molecule has 0 saturated carbocycles. The number of hydrogen-bond acceptors (Lipinski definition) is 4. The largest absolute Gasteiger partial charge is 0.480 e. The van der Waals surface area contributed by atoms with Gasteiger partial charge in [-0.3, -0.25) is 4.79 Å². The summed E-state index contributed by atoms with van der Waals surface area (Å²) in [5.74, 6) is -0.899. The summed E-state index contributed by atoms with van der Waals surface area (Å²) in [6.45, 7) is 1.97. The molecule has 0 radical (unpaired) electrons. The van der Waals surface area contributed by atoms with Crippen LogP contribution in [-0.2, 0) is 11.3 Å². The number of carboxylic acid groups (broad SMARTS) is 1. The molecule has 0 aliphatic heterocycles. The number of aliphatic carboxylic acids is 1. The second-order valence-electron chi connectivity index (χ2n) is 3.10. The molecule has 0 aliphatic carbocycles. The SMILES string of the molecule is C[C@H](NCc1ccnc(C#N)c1)C(=O)O. The number of nitrogens with zero attached hydrogens (tertiary/aromatic N) is 2. The molecule has 1 atom stereocenters. The number of aromatic nitrogens is 1. The number of hydrogen-bond donors (Lipinski definition) is 2. The van der Waals surface area contributed by atoms with Crippen LogP contribution in [0.15, 0.2) is 18.3 Å². The molecule has 0 spiro atoms. The Morgan fingerprint density at radius 3 is 3.13 bits per heavy atom. The number of carbonyl (C=O) groups is 1. The van der Waals surface area contributed by atoms with Gasteiger partial charge in [-0.15, -0.1) is 0 Å². The number of pyridine rings is 1. The summed E-state index contributed by atoms with van der Waals surface area (Å²) < 4.78 is 0. The lowest BCUT2D eigenvalue weighted by Gasteiger charge is -2.08. The average molecular weight is 205 g/mol. The van der Waals surface area contributed by atoms with Gasteiger partial charge in [-0.1, -0.05) is 0 Å². The summed E-state index contributed by atoms with van der Waals surface area (Å²) >= 11 is 0. The predicted molar refractivity (Wildman–Crippen MR) is 52.9 cm³/mol. The highest BCUT2D eigenvalue weighted by atomic mass is 16.4. The van der Waals surface area contributed by atoms with E-state index in [9.17, 15) is 4.79 Å². The molecule has 0 saturated heterocycles. The van der Waals surface area contributed by atoms with Crippen molar-refractivity contribution >= 4 is 5.97 Å². The summed E-state index contributed by atoms with van der Waals surface area (Å²) in [5.41, 5.74) is 1.17. The van der Waals surface area contributed by atoms with Gasteiger partial charge in [-0.2, -0.15) is 5.26 Å². The first-order chi connectivity index (χ1) is 7.13. The smallest absolute Gasteiger partial charge is 0.320 e. The number of carboxylic acids is 1. The van der Waals surface area contributed by atoms with Crippen molar-refractivity contribution in [3.8, 4) is 6.07 Å². The molecule has 5 heteroatoms. The van der Waals surface area contributed by atoms with Crippen molar-refractivity contribution in [3.05, 3.63) is 29.6 Å². The third kappa shape index (κ3) is 3.37. The average Bonchev–Trinajstić information content (AvgIpc) is 2.26. The van der Waals surface area contributed by atoms with Gasteiger partial charge < -0.3 is 10.4 Å². The van der Waals surface area contributed by atoms with Crippen molar-refractivity contribution in [2.24, 2.45) is 0 Å². The minimum Gasteiger partial charge on any atom is -0.480 e. The van der Waals surface area contributed by atoms with E-state index in [0.717, 1.165) is 5.56 Å². The summed E-state index contributed by atoms with van der Waals surface area (Å²) in [4.78, 5) is 14.3. The standard InChI is InChI=1S/C10H11N3O2/c1-7(10(14)15)13-6-8-2-3-12-9(4-8)5-11/h2-4,7,13H,6H2,1H3,(H,14,15)/t7-/m0/s1. The van der Waals surface area contributed by atoms with Crippen molar-refractivity contribution < 1.29 is 9.90 Å². The summed E-state index contributed by atoms with van der Waals surface area (Å²) in [5, 5.41) is 20.0. The van der Waals surface area contributed by atoms with E-state index in [1.807, 2.05) is 6.07 Å². The number of rotatable bonds is 4. The van der Waals surface area contributed by atoms with E-state index in [4.69, 9.17) is 10.4 Å². The fraction of sp³-hybridized carbons (Fsp3) is 0.300. The highest BCUT2D eigenvalue weighted by molar-refractivity contribution is 5.72. The molecule has 0 unspecified atom stereocenters. The molecule has 2 N–H and O–H groups in total. The van der Waals surface area contributed by atoms with E-state index in [0.29, 0.717) is 12.2 Å². The highest BCUT2D eigenvalue weighted by Crippen LogP contribution is 2.00. The van der Waals surface area contributed by atoms with E-state index >= 15 is 0 Å². The first-order valence-electron chi connectivity index (χ1n) is 4.44. The fourth-order valence-electron chi connectivity index (χ4n) is 1.00. The van der Waals surface area contributed by atoms with E-state index in [1.54, 1.807) is 19.1 Å². The van der Waals surface area contributed by atoms with E-state index in [2.05, 4.69) is 10.3 Å². The highest BCUT2D eigenvalue weighted by Gasteiger charge is 2.09. The second-order valence-corrected chi connectivity index (χ2v) is 3.10. The third-order valence-electron chi connectivity index (χ3n) is 1.92. The molecule has 0 amide bonds. The van der Waals surface area contributed by atoms with Crippen LogP contribution in [0, 0.1) is 11.3 Å². The molecule has 0 fully saturated rings. The van der Waals surface area contributed by atoms with Gasteiger partial charge in [-0.05, 0) is 24.6 Å². The van der Waals surface area contributed by atoms with Crippen LogP contribution in [-0.4, -0.2) is 22.1 Å². The Hall–Kier alpha value is -1.93. The van der Waals surface area contributed by atoms with Crippen molar-refractivity contribution in [3.63, 3.8) is 0 Å². The third-order valence-corrected chi connectivity index (χ3v) is 1.92. The van der Waals surface area contributed by atoms with Gasteiger partial charge in [0.15, 0.2) is 0 Å². The van der Waals surface area contributed by atoms with Crippen LogP contribution in [0.2, 0.25) is 0 Å². The zero-order chi connectivity index (χ0) is 11.3. The lowest BCUT2D eigenvalue weighted by Crippen LogP contribution is -2.33. The lowest BCUT2D eigenvalue weighted by atomic mass is 10.2. The van der Waals surface area contributed by atoms with Gasteiger partial charge >= 0.3 is 5.97 Å². The van der Waals surface area contributed by atoms with Gasteiger partial charge in [0, 0.05) is 12.7 Å². The normalized spacial score (nSPS) is 11.7. The molecule has 1 aromatic rings. The van der Waals surface area contributed by atoms with E-state index < -0.39 is 12.0 Å². The zero-order valence-corrected chi connectivity index (χ0v) is 8.27. The lowest BCUT2D eigenvalue weighted by molar-refractivity contribution is -0.139. The molecule has 15 heavy (non-hydrogen) atoms. The molecular formula is C10H11N3O2. The van der Waals surface area contributed by atoms with Crippen molar-refractivity contribution in [2.75, 3.05) is 0 Å². The molecule has 0 bridgehead atoms. The zero-order valence-electron chi connectivity index (χ0n) is 8.27.